The molecule has 0 aromatic heterocycles. The van der Waals surface area contributed by atoms with Crippen molar-refractivity contribution >= 4 is 11.8 Å². The highest BCUT2D eigenvalue weighted by Crippen LogP contribution is 2.39. The van der Waals surface area contributed by atoms with Gasteiger partial charge in [-0.25, -0.2) is 0 Å². The molecule has 1 aliphatic rings. The number of methoxy groups -OCH3 is 2. The molecule has 0 saturated carbocycles. The summed E-state index contributed by atoms with van der Waals surface area (Å²) in [5, 5.41) is 0. The van der Waals surface area contributed by atoms with Crippen molar-refractivity contribution in [2.24, 2.45) is 17.8 Å². The highest BCUT2D eigenvalue weighted by molar-refractivity contribution is 5.99. The van der Waals surface area contributed by atoms with Crippen molar-refractivity contribution in [3.63, 3.8) is 0 Å². The van der Waals surface area contributed by atoms with Crippen LogP contribution in [0.5, 0.6) is 0 Å². The van der Waals surface area contributed by atoms with Gasteiger partial charge in [-0.1, -0.05) is 19.4 Å². The second-order valence-corrected chi connectivity index (χ2v) is 6.85. The number of Topliss-reactive ketones (excluding diaryl/α,β-unsaturated/α-hetero) is 1. The average molecular weight is 340 g/mol. The molecule has 0 amide bonds. The summed E-state index contributed by atoms with van der Waals surface area (Å²) in [7, 11) is 3.16. The summed E-state index contributed by atoms with van der Waals surface area (Å²) in [6.07, 6.45) is 2.07. The lowest BCUT2D eigenvalue weighted by Gasteiger charge is -2.33. The number of hydrogen-bond acceptors (Lipinski definition) is 5. The van der Waals surface area contributed by atoms with Crippen LogP contribution in [0.25, 0.3) is 0 Å². The second-order valence-electron chi connectivity index (χ2n) is 6.85. The highest BCUT2D eigenvalue weighted by Gasteiger charge is 2.39. The van der Waals surface area contributed by atoms with Crippen LogP contribution in [-0.2, 0) is 23.8 Å². The number of carbonyl (C=O) groups is 2. The molecule has 1 rings (SSSR count). The summed E-state index contributed by atoms with van der Waals surface area (Å²) in [5.74, 6) is 0.0790. The van der Waals surface area contributed by atoms with E-state index >= 15 is 0 Å². The molecule has 0 heterocycles. The average Bonchev–Trinajstić information content (AvgIpc) is 2.50. The first-order chi connectivity index (χ1) is 11.3. The fourth-order valence-corrected chi connectivity index (χ4v) is 3.60. The van der Waals surface area contributed by atoms with E-state index < -0.39 is 0 Å². The molecule has 138 valence electrons. The van der Waals surface area contributed by atoms with Gasteiger partial charge < -0.3 is 14.2 Å². The lowest BCUT2D eigenvalue weighted by atomic mass is 9.71. The minimum Gasteiger partial charge on any atom is -0.466 e. The van der Waals surface area contributed by atoms with E-state index in [-0.39, 0.29) is 29.9 Å². The smallest absolute Gasteiger partial charge is 0.313 e. The quantitative estimate of drug-likeness (QED) is 0.475. The number of ketones is 1. The molecule has 0 fully saturated rings. The zero-order valence-corrected chi connectivity index (χ0v) is 15.9. The Morgan fingerprint density at radius 1 is 1.25 bits per heavy atom. The molecule has 2 atom stereocenters. The molecule has 0 aliphatic heterocycles. The van der Waals surface area contributed by atoms with Gasteiger partial charge in [-0.2, -0.15) is 0 Å². The van der Waals surface area contributed by atoms with Crippen LogP contribution < -0.4 is 0 Å². The summed E-state index contributed by atoms with van der Waals surface area (Å²) in [6.45, 7) is 8.29. The van der Waals surface area contributed by atoms with E-state index in [0.717, 1.165) is 17.6 Å². The summed E-state index contributed by atoms with van der Waals surface area (Å²) in [4.78, 5) is 25.1. The van der Waals surface area contributed by atoms with Gasteiger partial charge in [0.05, 0.1) is 12.5 Å². The first-order valence-electron chi connectivity index (χ1n) is 8.80. The van der Waals surface area contributed by atoms with Crippen LogP contribution in [0.2, 0.25) is 0 Å². The third-order valence-electron chi connectivity index (χ3n) is 4.67. The normalized spacial score (nSPS) is 21.8. The number of carbonyl (C=O) groups excluding carboxylic acids is 2. The summed E-state index contributed by atoms with van der Waals surface area (Å²) in [5.41, 5.74) is 1.61. The van der Waals surface area contributed by atoms with Gasteiger partial charge in [0.1, 0.15) is 0 Å². The molecule has 5 heteroatoms. The predicted molar refractivity (Wildman–Crippen MR) is 92.4 cm³/mol. The van der Waals surface area contributed by atoms with E-state index in [0.29, 0.717) is 31.8 Å². The van der Waals surface area contributed by atoms with Gasteiger partial charge in [0.15, 0.2) is 12.1 Å². The van der Waals surface area contributed by atoms with Crippen molar-refractivity contribution < 1.29 is 23.8 Å². The Morgan fingerprint density at radius 3 is 2.38 bits per heavy atom. The van der Waals surface area contributed by atoms with Crippen LogP contribution in [0.1, 0.15) is 53.4 Å². The number of rotatable bonds is 9. The first-order valence-corrected chi connectivity index (χ1v) is 8.80. The Bertz CT molecular complexity index is 462. The van der Waals surface area contributed by atoms with Crippen LogP contribution >= 0.6 is 0 Å². The Balaban J connectivity index is 3.05. The largest absolute Gasteiger partial charge is 0.466 e. The van der Waals surface area contributed by atoms with E-state index in [4.69, 9.17) is 14.2 Å². The third-order valence-corrected chi connectivity index (χ3v) is 4.67. The number of hydrogen-bond donors (Lipinski definition) is 0. The van der Waals surface area contributed by atoms with E-state index in [1.807, 2.05) is 13.8 Å². The monoisotopic (exact) mass is 340 g/mol. The Morgan fingerprint density at radius 2 is 1.88 bits per heavy atom. The molecule has 0 aromatic carbocycles. The van der Waals surface area contributed by atoms with Gasteiger partial charge >= 0.3 is 5.97 Å². The molecule has 0 aromatic rings. The summed E-state index contributed by atoms with van der Waals surface area (Å²) < 4.78 is 15.7. The van der Waals surface area contributed by atoms with Gasteiger partial charge in [-0.05, 0) is 44.1 Å². The first kappa shape index (κ1) is 20.8. The van der Waals surface area contributed by atoms with Crippen LogP contribution in [0.15, 0.2) is 11.1 Å². The van der Waals surface area contributed by atoms with Crippen LogP contribution in [0.3, 0.4) is 0 Å². The minimum absolute atomic E-state index is 0.0287. The molecular weight excluding hydrogens is 308 g/mol. The molecule has 0 bridgehead atoms. The Kier molecular flexibility index (Phi) is 8.63. The minimum atomic E-state index is -0.340. The molecule has 0 radical (unpaired) electrons. The molecule has 2 unspecified atom stereocenters. The number of allylic oxidation sites excluding steroid dienone is 1. The Labute approximate surface area is 145 Å². The van der Waals surface area contributed by atoms with Crippen LogP contribution in [0.4, 0.5) is 0 Å². The molecule has 0 spiro atoms. The molecule has 0 saturated heterocycles. The van der Waals surface area contributed by atoms with Crippen molar-refractivity contribution in [2.75, 3.05) is 20.8 Å². The molecule has 24 heavy (non-hydrogen) atoms. The maximum absolute atomic E-state index is 12.6. The second kappa shape index (κ2) is 9.94. The van der Waals surface area contributed by atoms with Gasteiger partial charge in [0, 0.05) is 27.1 Å². The van der Waals surface area contributed by atoms with E-state index in [1.54, 1.807) is 14.2 Å². The zero-order valence-electron chi connectivity index (χ0n) is 15.9. The van der Waals surface area contributed by atoms with Gasteiger partial charge in [-0.15, -0.1) is 0 Å². The zero-order chi connectivity index (χ0) is 18.3. The van der Waals surface area contributed by atoms with Crippen molar-refractivity contribution in [3.8, 4) is 0 Å². The SMILES string of the molecule is CCOC(=O)C1C(C)=C(CCC(OC)OC)C(=O)CC1CC(C)C. The maximum Gasteiger partial charge on any atom is 0.313 e. The summed E-state index contributed by atoms with van der Waals surface area (Å²) >= 11 is 0. The van der Waals surface area contributed by atoms with Crippen molar-refractivity contribution in [1.82, 2.24) is 0 Å². The lowest BCUT2D eigenvalue weighted by Crippen LogP contribution is -2.35. The van der Waals surface area contributed by atoms with Gasteiger partial charge in [0.2, 0.25) is 0 Å². The van der Waals surface area contributed by atoms with E-state index in [9.17, 15) is 9.59 Å². The number of esters is 1. The van der Waals surface area contributed by atoms with Crippen LogP contribution in [0, 0.1) is 17.8 Å². The Hall–Kier alpha value is -1.20. The van der Waals surface area contributed by atoms with E-state index in [2.05, 4.69) is 13.8 Å². The van der Waals surface area contributed by atoms with Crippen molar-refractivity contribution in [3.05, 3.63) is 11.1 Å². The van der Waals surface area contributed by atoms with Gasteiger partial charge in [0.25, 0.3) is 0 Å². The fourth-order valence-electron chi connectivity index (χ4n) is 3.60. The standard InChI is InChI=1S/C19H32O5/c1-7-24-19(21)18-13(4)15(8-9-17(22-5)23-6)16(20)11-14(18)10-12(2)3/h12,14,17-18H,7-11H2,1-6H3. The van der Waals surface area contributed by atoms with Crippen LogP contribution in [-0.4, -0.2) is 38.9 Å². The fraction of sp³-hybridized carbons (Fsp3) is 0.789. The third kappa shape index (κ3) is 5.42. The summed E-state index contributed by atoms with van der Waals surface area (Å²) in [6, 6.07) is 0. The predicted octanol–water partition coefficient (Wildman–Crippen LogP) is 3.52. The molecular formula is C19H32O5. The molecule has 5 nitrogen and oxygen atoms in total. The lowest BCUT2D eigenvalue weighted by molar-refractivity contribution is -0.149. The van der Waals surface area contributed by atoms with Crippen molar-refractivity contribution in [2.45, 2.75) is 59.7 Å². The topological polar surface area (TPSA) is 61.8 Å². The van der Waals surface area contributed by atoms with Crippen molar-refractivity contribution in [1.29, 1.82) is 0 Å². The molecule has 1 aliphatic carbocycles. The van der Waals surface area contributed by atoms with Gasteiger partial charge in [-0.3, -0.25) is 9.59 Å². The molecule has 0 N–H and O–H groups in total. The van der Waals surface area contributed by atoms with E-state index in [1.165, 1.54) is 0 Å². The maximum atomic E-state index is 12.6. The highest BCUT2D eigenvalue weighted by atomic mass is 16.7. The number of ether oxygens (including phenoxy) is 3.